The molecule has 0 aromatic carbocycles. The number of aliphatic hydroxyl groups excluding tert-OH is 1. The van der Waals surface area contributed by atoms with Gasteiger partial charge in [0.25, 0.3) is 0 Å². The van der Waals surface area contributed by atoms with Crippen LogP contribution in [0.1, 0.15) is 46.5 Å². The molecule has 5 unspecified atom stereocenters. The van der Waals surface area contributed by atoms with Crippen LogP contribution in [0.2, 0.25) is 0 Å². The van der Waals surface area contributed by atoms with Crippen LogP contribution < -0.4 is 0 Å². The van der Waals surface area contributed by atoms with Crippen LogP contribution in [0.25, 0.3) is 0 Å². The lowest BCUT2D eigenvalue weighted by Crippen LogP contribution is -2.35. The Morgan fingerprint density at radius 2 is 2.06 bits per heavy atom. The second-order valence-corrected chi connectivity index (χ2v) is 6.77. The average Bonchev–Trinajstić information content (AvgIpc) is 2.28. The standard InChI is InChI=1S/C13H24O3S/c1-4-10-5-6-11(13(15)16)12(7-10)17-9(3)8(2)14/h8-12,14H,4-7H2,1-3H3,(H,15,16). The van der Waals surface area contributed by atoms with Crippen LogP contribution in [0.3, 0.4) is 0 Å². The highest BCUT2D eigenvalue weighted by Gasteiger charge is 2.36. The van der Waals surface area contributed by atoms with Gasteiger partial charge in [0.1, 0.15) is 0 Å². The van der Waals surface area contributed by atoms with Crippen LogP contribution >= 0.6 is 11.8 Å². The van der Waals surface area contributed by atoms with Crippen molar-refractivity contribution in [3.05, 3.63) is 0 Å². The van der Waals surface area contributed by atoms with Gasteiger partial charge in [-0.25, -0.2) is 0 Å². The second kappa shape index (κ2) is 6.64. The van der Waals surface area contributed by atoms with Crippen molar-refractivity contribution in [3.8, 4) is 0 Å². The fourth-order valence-corrected chi connectivity index (χ4v) is 4.01. The summed E-state index contributed by atoms with van der Waals surface area (Å²) in [7, 11) is 0. The van der Waals surface area contributed by atoms with E-state index in [1.54, 1.807) is 18.7 Å². The molecule has 0 heterocycles. The molecule has 0 amide bonds. The van der Waals surface area contributed by atoms with Crippen molar-refractivity contribution in [1.29, 1.82) is 0 Å². The van der Waals surface area contributed by atoms with E-state index in [1.807, 2.05) is 6.92 Å². The molecule has 1 rings (SSSR count). The fourth-order valence-electron chi connectivity index (χ4n) is 2.40. The molecule has 1 saturated carbocycles. The molecule has 0 aromatic heterocycles. The smallest absolute Gasteiger partial charge is 0.307 e. The third kappa shape index (κ3) is 4.18. The topological polar surface area (TPSA) is 57.5 Å². The number of thioether (sulfide) groups is 1. The highest BCUT2D eigenvalue weighted by atomic mass is 32.2. The van der Waals surface area contributed by atoms with E-state index in [2.05, 4.69) is 6.92 Å². The predicted molar refractivity (Wildman–Crippen MR) is 71.3 cm³/mol. The van der Waals surface area contributed by atoms with Gasteiger partial charge in [0.2, 0.25) is 0 Å². The largest absolute Gasteiger partial charge is 0.481 e. The van der Waals surface area contributed by atoms with Gasteiger partial charge in [-0.2, -0.15) is 11.8 Å². The Kier molecular flexibility index (Phi) is 5.80. The van der Waals surface area contributed by atoms with Gasteiger partial charge in [0, 0.05) is 10.5 Å². The lowest BCUT2D eigenvalue weighted by Gasteiger charge is -2.35. The lowest BCUT2D eigenvalue weighted by molar-refractivity contribution is -0.142. The zero-order valence-corrected chi connectivity index (χ0v) is 11.7. The van der Waals surface area contributed by atoms with Crippen LogP contribution in [0.15, 0.2) is 0 Å². The molecular formula is C13H24O3S. The summed E-state index contributed by atoms with van der Waals surface area (Å²) in [5.74, 6) is -0.247. The Hall–Kier alpha value is -0.220. The van der Waals surface area contributed by atoms with E-state index in [4.69, 9.17) is 0 Å². The minimum atomic E-state index is -0.671. The van der Waals surface area contributed by atoms with Crippen LogP contribution in [0, 0.1) is 11.8 Å². The molecule has 3 nitrogen and oxygen atoms in total. The van der Waals surface area contributed by atoms with Crippen molar-refractivity contribution in [1.82, 2.24) is 0 Å². The monoisotopic (exact) mass is 260 g/mol. The Morgan fingerprint density at radius 3 is 2.53 bits per heavy atom. The van der Waals surface area contributed by atoms with E-state index in [-0.39, 0.29) is 22.5 Å². The second-order valence-electron chi connectivity index (χ2n) is 5.15. The van der Waals surface area contributed by atoms with Crippen LogP contribution in [-0.2, 0) is 4.79 Å². The first kappa shape index (κ1) is 14.8. The van der Waals surface area contributed by atoms with E-state index in [9.17, 15) is 15.0 Å². The molecule has 5 atom stereocenters. The Balaban J connectivity index is 2.63. The number of aliphatic hydroxyl groups is 1. The van der Waals surface area contributed by atoms with Gasteiger partial charge in [0.15, 0.2) is 0 Å². The van der Waals surface area contributed by atoms with E-state index >= 15 is 0 Å². The Labute approximate surface area is 108 Å². The first-order valence-electron chi connectivity index (χ1n) is 6.52. The third-order valence-corrected chi connectivity index (χ3v) is 5.56. The van der Waals surface area contributed by atoms with E-state index < -0.39 is 5.97 Å². The van der Waals surface area contributed by atoms with Gasteiger partial charge in [-0.05, 0) is 32.1 Å². The Morgan fingerprint density at radius 1 is 1.41 bits per heavy atom. The number of rotatable bonds is 5. The first-order chi connectivity index (χ1) is 7.95. The Bertz CT molecular complexity index is 255. The zero-order chi connectivity index (χ0) is 13.0. The summed E-state index contributed by atoms with van der Waals surface area (Å²) >= 11 is 1.65. The molecule has 0 aliphatic heterocycles. The molecule has 0 aromatic rings. The highest BCUT2D eigenvalue weighted by Crippen LogP contribution is 2.40. The number of carboxylic acids is 1. The summed E-state index contributed by atoms with van der Waals surface area (Å²) in [5.41, 5.74) is 0. The summed E-state index contributed by atoms with van der Waals surface area (Å²) in [5, 5.41) is 19.0. The summed E-state index contributed by atoms with van der Waals surface area (Å²) < 4.78 is 0. The van der Waals surface area contributed by atoms with Crippen molar-refractivity contribution in [2.75, 3.05) is 0 Å². The third-order valence-electron chi connectivity index (χ3n) is 3.86. The summed E-state index contributed by atoms with van der Waals surface area (Å²) in [6, 6.07) is 0. The number of hydrogen-bond acceptors (Lipinski definition) is 3. The summed E-state index contributed by atoms with van der Waals surface area (Å²) in [4.78, 5) is 11.2. The van der Waals surface area contributed by atoms with Crippen LogP contribution in [-0.4, -0.2) is 32.8 Å². The molecule has 0 bridgehead atoms. The maximum atomic E-state index is 11.2. The number of carboxylic acid groups (broad SMARTS) is 1. The normalized spacial score (nSPS) is 33.1. The lowest BCUT2D eigenvalue weighted by atomic mass is 9.80. The molecule has 4 heteroatoms. The maximum absolute atomic E-state index is 11.2. The molecular weight excluding hydrogens is 236 g/mol. The van der Waals surface area contributed by atoms with Gasteiger partial charge >= 0.3 is 5.97 Å². The number of hydrogen-bond donors (Lipinski definition) is 2. The fraction of sp³-hybridized carbons (Fsp3) is 0.923. The first-order valence-corrected chi connectivity index (χ1v) is 7.46. The molecule has 17 heavy (non-hydrogen) atoms. The van der Waals surface area contributed by atoms with Gasteiger partial charge in [0.05, 0.1) is 12.0 Å². The minimum Gasteiger partial charge on any atom is -0.481 e. The molecule has 2 N–H and O–H groups in total. The van der Waals surface area contributed by atoms with Crippen molar-refractivity contribution in [3.63, 3.8) is 0 Å². The molecule has 1 fully saturated rings. The van der Waals surface area contributed by atoms with Gasteiger partial charge in [-0.3, -0.25) is 4.79 Å². The van der Waals surface area contributed by atoms with E-state index in [0.717, 1.165) is 25.7 Å². The molecule has 100 valence electrons. The molecule has 0 saturated heterocycles. The van der Waals surface area contributed by atoms with Gasteiger partial charge in [-0.15, -0.1) is 0 Å². The molecule has 1 aliphatic carbocycles. The quantitative estimate of drug-likeness (QED) is 0.798. The SMILES string of the molecule is CCC1CCC(C(=O)O)C(SC(C)C(C)O)C1. The number of carbonyl (C=O) groups is 1. The van der Waals surface area contributed by atoms with E-state index in [0.29, 0.717) is 5.92 Å². The number of aliphatic carboxylic acids is 1. The van der Waals surface area contributed by atoms with Gasteiger partial charge in [-0.1, -0.05) is 20.3 Å². The molecule has 1 aliphatic rings. The molecule has 0 radical (unpaired) electrons. The summed E-state index contributed by atoms with van der Waals surface area (Å²) in [6.07, 6.45) is 3.56. The molecule has 0 spiro atoms. The van der Waals surface area contributed by atoms with Crippen molar-refractivity contribution >= 4 is 17.7 Å². The zero-order valence-electron chi connectivity index (χ0n) is 10.9. The van der Waals surface area contributed by atoms with Crippen molar-refractivity contribution < 1.29 is 15.0 Å². The average molecular weight is 260 g/mol. The predicted octanol–water partition coefficient (Wildman–Crippen LogP) is 2.77. The summed E-state index contributed by atoms with van der Waals surface area (Å²) in [6.45, 7) is 5.92. The minimum absolute atomic E-state index is 0.109. The van der Waals surface area contributed by atoms with E-state index in [1.165, 1.54) is 0 Å². The van der Waals surface area contributed by atoms with Crippen molar-refractivity contribution in [2.45, 2.75) is 63.1 Å². The maximum Gasteiger partial charge on any atom is 0.307 e. The highest BCUT2D eigenvalue weighted by molar-refractivity contribution is 8.00. The van der Waals surface area contributed by atoms with Gasteiger partial charge < -0.3 is 10.2 Å². The van der Waals surface area contributed by atoms with Crippen LogP contribution in [0.4, 0.5) is 0 Å². The van der Waals surface area contributed by atoms with Crippen molar-refractivity contribution in [2.24, 2.45) is 11.8 Å². The van der Waals surface area contributed by atoms with Crippen LogP contribution in [0.5, 0.6) is 0 Å².